The number of nitriles is 1. The first-order valence-corrected chi connectivity index (χ1v) is 7.08. The minimum atomic E-state index is 0.513. The van der Waals surface area contributed by atoms with E-state index in [0.717, 1.165) is 22.4 Å². The highest BCUT2D eigenvalue weighted by Crippen LogP contribution is 2.24. The van der Waals surface area contributed by atoms with E-state index in [1.54, 1.807) is 17.4 Å². The van der Waals surface area contributed by atoms with Gasteiger partial charge in [0, 0.05) is 11.4 Å². The van der Waals surface area contributed by atoms with Crippen molar-refractivity contribution in [2.24, 2.45) is 0 Å². The van der Waals surface area contributed by atoms with Crippen molar-refractivity contribution in [3.8, 4) is 6.07 Å². The minimum absolute atomic E-state index is 0.513. The van der Waals surface area contributed by atoms with E-state index in [4.69, 9.17) is 11.0 Å². The van der Waals surface area contributed by atoms with Gasteiger partial charge in [-0.05, 0) is 46.6 Å². The number of hydrogen-bond donors (Lipinski definition) is 2. The third-order valence-corrected chi connectivity index (χ3v) is 4.23. The lowest BCUT2D eigenvalue weighted by Gasteiger charge is -2.09. The van der Waals surface area contributed by atoms with Crippen LogP contribution in [-0.2, 0) is 6.42 Å². The number of halogens is 1. The fourth-order valence-electron chi connectivity index (χ4n) is 1.62. The standard InChI is InChI=1S/C13H12BrN3S/c14-12-5-4-10(18-12)6-7-17-11-3-1-2-9(8-15)13(11)16/h1-5,17H,6-7,16H2. The lowest BCUT2D eigenvalue weighted by atomic mass is 10.1. The van der Waals surface area contributed by atoms with Crippen molar-refractivity contribution in [1.29, 1.82) is 5.26 Å². The normalized spacial score (nSPS) is 10.0. The maximum Gasteiger partial charge on any atom is 0.101 e. The molecule has 2 aromatic rings. The summed E-state index contributed by atoms with van der Waals surface area (Å²) in [6.45, 7) is 0.798. The average molecular weight is 322 g/mol. The first-order chi connectivity index (χ1) is 8.70. The molecular weight excluding hydrogens is 310 g/mol. The Bertz CT molecular complexity index is 586. The van der Waals surface area contributed by atoms with Crippen molar-refractivity contribution in [2.75, 3.05) is 17.6 Å². The van der Waals surface area contributed by atoms with E-state index in [-0.39, 0.29) is 0 Å². The van der Waals surface area contributed by atoms with Crippen molar-refractivity contribution in [3.63, 3.8) is 0 Å². The molecule has 0 aliphatic carbocycles. The number of nitrogens with zero attached hydrogens (tertiary/aromatic N) is 1. The van der Waals surface area contributed by atoms with Gasteiger partial charge in [-0.2, -0.15) is 5.26 Å². The van der Waals surface area contributed by atoms with Crippen LogP contribution in [0.4, 0.5) is 11.4 Å². The lowest BCUT2D eigenvalue weighted by Crippen LogP contribution is -2.06. The summed E-state index contributed by atoms with van der Waals surface area (Å²) in [7, 11) is 0. The van der Waals surface area contributed by atoms with Crippen molar-refractivity contribution < 1.29 is 0 Å². The zero-order valence-corrected chi connectivity index (χ0v) is 12.0. The largest absolute Gasteiger partial charge is 0.396 e. The summed E-state index contributed by atoms with van der Waals surface area (Å²) in [6, 6.07) is 11.7. The Morgan fingerprint density at radius 2 is 2.17 bits per heavy atom. The Labute approximate surface area is 118 Å². The number of nitrogens with one attached hydrogen (secondary N) is 1. The van der Waals surface area contributed by atoms with Crippen LogP contribution in [0.1, 0.15) is 10.4 Å². The Morgan fingerprint density at radius 3 is 2.83 bits per heavy atom. The molecular formula is C13H12BrN3S. The number of benzene rings is 1. The van der Waals surface area contributed by atoms with E-state index < -0.39 is 0 Å². The average Bonchev–Trinajstić information content (AvgIpc) is 2.77. The van der Waals surface area contributed by atoms with E-state index in [2.05, 4.69) is 33.4 Å². The number of nitrogens with two attached hydrogens (primary N) is 1. The van der Waals surface area contributed by atoms with Gasteiger partial charge in [0.2, 0.25) is 0 Å². The highest BCUT2D eigenvalue weighted by molar-refractivity contribution is 9.11. The first-order valence-electron chi connectivity index (χ1n) is 5.47. The summed E-state index contributed by atoms with van der Waals surface area (Å²) in [5.41, 5.74) is 7.74. The smallest absolute Gasteiger partial charge is 0.101 e. The molecule has 0 saturated heterocycles. The predicted molar refractivity (Wildman–Crippen MR) is 79.8 cm³/mol. The van der Waals surface area contributed by atoms with Gasteiger partial charge >= 0.3 is 0 Å². The molecule has 0 spiro atoms. The third kappa shape index (κ3) is 3.03. The van der Waals surface area contributed by atoms with Gasteiger partial charge in [0.1, 0.15) is 6.07 Å². The maximum absolute atomic E-state index is 8.89. The highest BCUT2D eigenvalue weighted by atomic mass is 79.9. The van der Waals surface area contributed by atoms with Crippen molar-refractivity contribution in [2.45, 2.75) is 6.42 Å². The van der Waals surface area contributed by atoms with Crippen LogP contribution < -0.4 is 11.1 Å². The molecule has 1 aromatic heterocycles. The van der Waals surface area contributed by atoms with Gasteiger partial charge in [0.15, 0.2) is 0 Å². The quantitative estimate of drug-likeness (QED) is 0.845. The van der Waals surface area contributed by atoms with Crippen LogP contribution in [0.2, 0.25) is 0 Å². The maximum atomic E-state index is 8.89. The molecule has 1 heterocycles. The Balaban J connectivity index is 1.97. The van der Waals surface area contributed by atoms with E-state index in [0.29, 0.717) is 11.3 Å². The second kappa shape index (κ2) is 5.89. The van der Waals surface area contributed by atoms with Crippen molar-refractivity contribution in [3.05, 3.63) is 44.6 Å². The summed E-state index contributed by atoms with van der Waals surface area (Å²) in [5.74, 6) is 0. The summed E-state index contributed by atoms with van der Waals surface area (Å²) in [4.78, 5) is 1.31. The monoisotopic (exact) mass is 321 g/mol. The molecule has 0 aliphatic heterocycles. The third-order valence-electron chi connectivity index (χ3n) is 2.54. The number of thiophene rings is 1. The van der Waals surface area contributed by atoms with E-state index in [1.807, 2.05) is 18.2 Å². The molecule has 0 radical (unpaired) electrons. The number of para-hydroxylation sites is 1. The number of rotatable bonds is 4. The van der Waals surface area contributed by atoms with Gasteiger partial charge < -0.3 is 11.1 Å². The van der Waals surface area contributed by atoms with Crippen LogP contribution in [0.25, 0.3) is 0 Å². The Hall–Kier alpha value is -1.51. The van der Waals surface area contributed by atoms with Crippen LogP contribution >= 0.6 is 27.3 Å². The molecule has 0 unspecified atom stereocenters. The van der Waals surface area contributed by atoms with Gasteiger partial charge in [0.05, 0.1) is 20.7 Å². The molecule has 0 amide bonds. The summed E-state index contributed by atoms with van der Waals surface area (Å²) in [5, 5.41) is 12.1. The molecule has 92 valence electrons. The number of anilines is 2. The second-order valence-electron chi connectivity index (χ2n) is 3.76. The molecule has 0 atom stereocenters. The summed E-state index contributed by atoms with van der Waals surface area (Å²) in [6.07, 6.45) is 0.937. The molecule has 0 bridgehead atoms. The van der Waals surface area contributed by atoms with Crippen LogP contribution in [-0.4, -0.2) is 6.54 Å². The van der Waals surface area contributed by atoms with Gasteiger partial charge in [-0.25, -0.2) is 0 Å². The van der Waals surface area contributed by atoms with Gasteiger partial charge in [0.25, 0.3) is 0 Å². The SMILES string of the molecule is N#Cc1cccc(NCCc2ccc(Br)s2)c1N. The first kappa shape index (κ1) is 12.9. The second-order valence-corrected chi connectivity index (χ2v) is 6.31. The van der Waals surface area contributed by atoms with Gasteiger partial charge in [-0.15, -0.1) is 11.3 Å². The van der Waals surface area contributed by atoms with Crippen LogP contribution in [0.5, 0.6) is 0 Å². The van der Waals surface area contributed by atoms with Crippen molar-refractivity contribution in [1.82, 2.24) is 0 Å². The molecule has 5 heteroatoms. The summed E-state index contributed by atoms with van der Waals surface area (Å²) >= 11 is 5.17. The topological polar surface area (TPSA) is 61.8 Å². The molecule has 0 aliphatic rings. The zero-order chi connectivity index (χ0) is 13.0. The Kier molecular flexibility index (Phi) is 4.24. The molecule has 1 aromatic carbocycles. The van der Waals surface area contributed by atoms with E-state index in [1.165, 1.54) is 4.88 Å². The molecule has 0 saturated carbocycles. The van der Waals surface area contributed by atoms with Crippen LogP contribution in [0, 0.1) is 11.3 Å². The Morgan fingerprint density at radius 1 is 1.33 bits per heavy atom. The fraction of sp³-hybridized carbons (Fsp3) is 0.154. The molecule has 2 rings (SSSR count). The molecule has 3 N–H and O–H groups in total. The fourth-order valence-corrected chi connectivity index (χ4v) is 3.11. The van der Waals surface area contributed by atoms with Gasteiger partial charge in [-0.1, -0.05) is 6.07 Å². The van der Waals surface area contributed by atoms with Crippen LogP contribution in [0.15, 0.2) is 34.1 Å². The highest BCUT2D eigenvalue weighted by Gasteiger charge is 2.04. The number of nitrogen functional groups attached to an aromatic ring is 1. The lowest BCUT2D eigenvalue weighted by molar-refractivity contribution is 1.04. The van der Waals surface area contributed by atoms with Gasteiger partial charge in [-0.3, -0.25) is 0 Å². The summed E-state index contributed by atoms with van der Waals surface area (Å²) < 4.78 is 1.14. The molecule has 0 fully saturated rings. The predicted octanol–water partition coefficient (Wildman–Crippen LogP) is 3.62. The van der Waals surface area contributed by atoms with Crippen molar-refractivity contribution >= 4 is 38.6 Å². The van der Waals surface area contributed by atoms with E-state index in [9.17, 15) is 0 Å². The molecule has 3 nitrogen and oxygen atoms in total. The number of hydrogen-bond acceptors (Lipinski definition) is 4. The van der Waals surface area contributed by atoms with Crippen LogP contribution in [0.3, 0.4) is 0 Å². The van der Waals surface area contributed by atoms with E-state index >= 15 is 0 Å². The minimum Gasteiger partial charge on any atom is -0.396 e. The zero-order valence-electron chi connectivity index (χ0n) is 9.61. The molecule has 18 heavy (non-hydrogen) atoms.